The second kappa shape index (κ2) is 9.23. The van der Waals surface area contributed by atoms with Gasteiger partial charge in [-0.15, -0.1) is 16.9 Å². The maximum absolute atomic E-state index is 3.93. The molecule has 2 rings (SSSR count). The number of tetrazole rings is 1. The zero-order valence-corrected chi connectivity index (χ0v) is 13.8. The monoisotopic (exact) mass is 330 g/mol. The van der Waals surface area contributed by atoms with Gasteiger partial charge in [-0.05, 0) is 34.4 Å². The first-order valence-corrected chi connectivity index (χ1v) is 8.19. The number of nitrogens with zero attached hydrogens (tertiary/aromatic N) is 4. The predicted octanol–water partition coefficient (Wildman–Crippen LogP) is -1.18. The highest BCUT2D eigenvalue weighted by Crippen LogP contribution is 2.15. The lowest BCUT2D eigenvalue weighted by atomic mass is 10.2. The second-order valence-corrected chi connectivity index (χ2v) is 5.90. The molecule has 0 aliphatic rings. The quantitative estimate of drug-likeness (QED) is 0.509. The Balaban J connectivity index is 0.00000200. The molecule has 5 nitrogen and oxygen atoms in total. The fraction of sp³-hybridized carbons (Fsp3) is 0.417. The molecule has 8 heteroatoms. The van der Waals surface area contributed by atoms with Crippen molar-refractivity contribution in [3.05, 3.63) is 29.8 Å². The molecule has 0 fully saturated rings. The summed E-state index contributed by atoms with van der Waals surface area (Å²) in [4.78, 5) is 1.30. The molecule has 0 bridgehead atoms. The first-order chi connectivity index (χ1) is 9.29. The number of hydrogen-bond acceptors (Lipinski definition) is 6. The summed E-state index contributed by atoms with van der Waals surface area (Å²) >= 11 is 3.42. The lowest BCUT2D eigenvalue weighted by Crippen LogP contribution is -3.00. The van der Waals surface area contributed by atoms with Crippen LogP contribution in [0.2, 0.25) is 0 Å². The van der Waals surface area contributed by atoms with Crippen LogP contribution >= 0.6 is 23.5 Å². The molecule has 20 heavy (non-hydrogen) atoms. The molecule has 0 atom stereocenters. The van der Waals surface area contributed by atoms with Gasteiger partial charge in [0.05, 0.1) is 0 Å². The third-order valence-electron chi connectivity index (χ3n) is 2.58. The number of thioether (sulfide) groups is 2. The molecule has 0 aliphatic heterocycles. The van der Waals surface area contributed by atoms with Gasteiger partial charge in [-0.1, -0.05) is 23.9 Å². The Hall–Kier alpha value is -0.760. The van der Waals surface area contributed by atoms with E-state index >= 15 is 0 Å². The van der Waals surface area contributed by atoms with Crippen molar-refractivity contribution in [2.45, 2.75) is 16.6 Å². The van der Waals surface area contributed by atoms with E-state index in [4.69, 9.17) is 0 Å². The van der Waals surface area contributed by atoms with Crippen LogP contribution in [0.15, 0.2) is 34.3 Å². The van der Waals surface area contributed by atoms with Crippen LogP contribution in [-0.4, -0.2) is 38.8 Å². The van der Waals surface area contributed by atoms with Crippen LogP contribution in [0.4, 0.5) is 0 Å². The van der Waals surface area contributed by atoms with Crippen LogP contribution in [0.25, 0.3) is 0 Å². The summed E-state index contributed by atoms with van der Waals surface area (Å²) in [6.07, 6.45) is 2.09. The number of benzene rings is 1. The number of aromatic nitrogens is 4. The zero-order valence-electron chi connectivity index (χ0n) is 11.4. The maximum Gasteiger partial charge on any atom is 0.209 e. The van der Waals surface area contributed by atoms with Crippen molar-refractivity contribution < 1.29 is 12.4 Å². The molecule has 0 saturated carbocycles. The molecular weight excluding hydrogens is 314 g/mol. The van der Waals surface area contributed by atoms with Gasteiger partial charge in [0.25, 0.3) is 0 Å². The van der Waals surface area contributed by atoms with E-state index in [-0.39, 0.29) is 12.4 Å². The van der Waals surface area contributed by atoms with Crippen molar-refractivity contribution in [2.24, 2.45) is 7.05 Å². The largest absolute Gasteiger partial charge is 1.00 e. The van der Waals surface area contributed by atoms with Crippen molar-refractivity contribution in [2.75, 3.05) is 18.6 Å². The molecule has 0 saturated heterocycles. The van der Waals surface area contributed by atoms with Crippen LogP contribution in [0.1, 0.15) is 5.56 Å². The molecule has 1 N–H and O–H groups in total. The van der Waals surface area contributed by atoms with E-state index in [0.717, 1.165) is 24.0 Å². The Morgan fingerprint density at radius 1 is 1.25 bits per heavy atom. The molecular formula is C12H17ClN5S2-. The highest BCUT2D eigenvalue weighted by atomic mass is 35.5. The van der Waals surface area contributed by atoms with Crippen LogP contribution in [0.3, 0.4) is 0 Å². The number of halogens is 1. The average molecular weight is 331 g/mol. The minimum Gasteiger partial charge on any atom is -1.00 e. The van der Waals surface area contributed by atoms with Crippen molar-refractivity contribution in [3.63, 3.8) is 0 Å². The number of hydrogen-bond donors (Lipinski definition) is 1. The molecule has 0 unspecified atom stereocenters. The minimum absolute atomic E-state index is 0. The van der Waals surface area contributed by atoms with Gasteiger partial charge >= 0.3 is 0 Å². The minimum atomic E-state index is 0. The maximum atomic E-state index is 3.93. The van der Waals surface area contributed by atoms with Crippen LogP contribution in [-0.2, 0) is 13.6 Å². The molecule has 0 aliphatic carbocycles. The van der Waals surface area contributed by atoms with Gasteiger partial charge in [-0.25, -0.2) is 4.68 Å². The van der Waals surface area contributed by atoms with E-state index in [1.54, 1.807) is 28.2 Å². The number of aryl methyl sites for hydroxylation is 1. The Bertz CT molecular complexity index is 503. The third-order valence-corrected chi connectivity index (χ3v) is 4.34. The van der Waals surface area contributed by atoms with Crippen LogP contribution < -0.4 is 17.7 Å². The van der Waals surface area contributed by atoms with Crippen molar-refractivity contribution in [1.82, 2.24) is 25.5 Å². The Morgan fingerprint density at radius 3 is 2.60 bits per heavy atom. The molecule has 1 heterocycles. The van der Waals surface area contributed by atoms with E-state index in [9.17, 15) is 0 Å². The van der Waals surface area contributed by atoms with Gasteiger partial charge in [0, 0.05) is 30.8 Å². The summed E-state index contributed by atoms with van der Waals surface area (Å²) in [5.74, 6) is 0.955. The van der Waals surface area contributed by atoms with Crippen LogP contribution in [0, 0.1) is 0 Å². The topological polar surface area (TPSA) is 55.6 Å². The van der Waals surface area contributed by atoms with E-state index in [0.29, 0.717) is 0 Å². The van der Waals surface area contributed by atoms with Gasteiger partial charge < -0.3 is 17.7 Å². The van der Waals surface area contributed by atoms with Gasteiger partial charge in [0.2, 0.25) is 5.16 Å². The zero-order chi connectivity index (χ0) is 13.5. The molecule has 2 aromatic rings. The summed E-state index contributed by atoms with van der Waals surface area (Å²) < 4.78 is 1.69. The van der Waals surface area contributed by atoms with Crippen LogP contribution in [0.5, 0.6) is 0 Å². The van der Waals surface area contributed by atoms with Gasteiger partial charge in [0.1, 0.15) is 0 Å². The van der Waals surface area contributed by atoms with E-state index in [1.807, 2.05) is 7.05 Å². The van der Waals surface area contributed by atoms with Gasteiger partial charge in [-0.3, -0.25) is 0 Å². The summed E-state index contributed by atoms with van der Waals surface area (Å²) in [6, 6.07) is 8.64. The summed E-state index contributed by atoms with van der Waals surface area (Å²) in [6.45, 7) is 1.83. The third kappa shape index (κ3) is 5.32. The first kappa shape index (κ1) is 17.3. The Morgan fingerprint density at radius 2 is 2.00 bits per heavy atom. The molecule has 110 valence electrons. The van der Waals surface area contributed by atoms with E-state index in [1.165, 1.54) is 10.5 Å². The van der Waals surface area contributed by atoms with Crippen molar-refractivity contribution >= 4 is 23.5 Å². The predicted molar refractivity (Wildman–Crippen MR) is 79.5 cm³/mol. The average Bonchev–Trinajstić information content (AvgIpc) is 2.85. The SMILES string of the molecule is CSc1ccc(CNCCSc2nnnn2C)cc1.[Cl-]. The van der Waals surface area contributed by atoms with E-state index in [2.05, 4.69) is 51.4 Å². The fourth-order valence-corrected chi connectivity index (χ4v) is 2.69. The highest BCUT2D eigenvalue weighted by molar-refractivity contribution is 7.99. The van der Waals surface area contributed by atoms with Crippen molar-refractivity contribution in [3.8, 4) is 0 Å². The molecule has 1 aromatic carbocycles. The Kier molecular flexibility index (Phi) is 7.98. The fourth-order valence-electron chi connectivity index (χ4n) is 1.53. The van der Waals surface area contributed by atoms with Crippen molar-refractivity contribution in [1.29, 1.82) is 0 Å². The smallest absolute Gasteiger partial charge is 0.209 e. The molecule has 1 aromatic heterocycles. The molecule has 0 radical (unpaired) electrons. The lowest BCUT2D eigenvalue weighted by molar-refractivity contribution is -0.00000413. The summed E-state index contributed by atoms with van der Waals surface area (Å²) in [5.41, 5.74) is 1.31. The standard InChI is InChI=1S/C12H17N5S2.ClH/c1-17-12(14-15-16-17)19-8-7-13-9-10-3-5-11(18-2)6-4-10;/h3-6,13H,7-9H2,1-2H3;1H/p-1. The van der Waals surface area contributed by atoms with Gasteiger partial charge in [0.15, 0.2) is 0 Å². The lowest BCUT2D eigenvalue weighted by Gasteiger charge is -2.05. The second-order valence-electron chi connectivity index (χ2n) is 3.96. The van der Waals surface area contributed by atoms with E-state index < -0.39 is 0 Å². The number of nitrogens with one attached hydrogen (secondary N) is 1. The number of rotatable bonds is 7. The molecule has 0 amide bonds. The highest BCUT2D eigenvalue weighted by Gasteiger charge is 2.01. The summed E-state index contributed by atoms with van der Waals surface area (Å²) in [5, 5.41) is 15.6. The Labute approximate surface area is 133 Å². The molecule has 0 spiro atoms. The summed E-state index contributed by atoms with van der Waals surface area (Å²) in [7, 11) is 1.85. The normalized spacial score (nSPS) is 10.3. The first-order valence-electron chi connectivity index (χ1n) is 5.98. The van der Waals surface area contributed by atoms with Gasteiger partial charge in [-0.2, -0.15) is 0 Å².